The van der Waals surface area contributed by atoms with Crippen molar-refractivity contribution in [2.24, 2.45) is 22.1 Å². The summed E-state index contributed by atoms with van der Waals surface area (Å²) in [5.41, 5.74) is -0.0999. The first-order valence-corrected chi connectivity index (χ1v) is 20.6. The Kier molecular flexibility index (Phi) is 25.9. The van der Waals surface area contributed by atoms with Crippen molar-refractivity contribution >= 4 is 61.1 Å². The summed E-state index contributed by atoms with van der Waals surface area (Å²) in [4.78, 5) is 23.4. The summed E-state index contributed by atoms with van der Waals surface area (Å²) >= 11 is 13.3. The van der Waals surface area contributed by atoms with Crippen LogP contribution in [-0.4, -0.2) is 81.4 Å². The Morgan fingerprint density at radius 3 is 2.09 bits per heavy atom. The van der Waals surface area contributed by atoms with E-state index in [4.69, 9.17) is 28.3 Å². The molecule has 282 valence electrons. The Balaban J connectivity index is 0.00000901. The number of carboxylic acids is 1. The van der Waals surface area contributed by atoms with Gasteiger partial charge in [-0.3, -0.25) is 4.79 Å². The molecule has 1 amide bonds. The Morgan fingerprint density at radius 2 is 1.60 bits per heavy atom. The maximum absolute atomic E-state index is 12.3. The van der Waals surface area contributed by atoms with Crippen LogP contribution in [0.5, 0.6) is 0 Å². The number of aromatic nitrogens is 2. The third-order valence-corrected chi connectivity index (χ3v) is 12.4. The quantitative estimate of drug-likeness (QED) is 0.0572. The van der Waals surface area contributed by atoms with Gasteiger partial charge in [-0.15, -0.1) is 28.3 Å². The van der Waals surface area contributed by atoms with Crippen molar-refractivity contribution in [2.75, 3.05) is 5.75 Å². The van der Waals surface area contributed by atoms with E-state index < -0.39 is 71.5 Å². The number of carbonyl (C=O) groups is 2. The van der Waals surface area contributed by atoms with E-state index in [2.05, 4.69) is 21.6 Å². The number of alkyl halides is 2. The molecule has 2 saturated carbocycles. The molecule has 2 fully saturated rings. The molecule has 0 saturated heterocycles. The SMILES string of the molecule is CC(=O)NC1CC(C(CCCCS(=O)(=O)[O-])CCCC(=O)[O-])CCC1N=Nc1c(C#N)c(C(C)(C)C)nn1C1C(Cl)CC(S(=O)(=O)[O-])CC1Cl.[K+].[K+].[K+]. The van der Waals surface area contributed by atoms with E-state index in [1.54, 1.807) is 0 Å². The number of carbonyl (C=O) groups excluding carboxylic acids is 2. The molecule has 53 heavy (non-hydrogen) atoms. The van der Waals surface area contributed by atoms with E-state index in [1.807, 2.05) is 20.8 Å². The van der Waals surface area contributed by atoms with Crippen molar-refractivity contribution in [1.82, 2.24) is 15.1 Å². The normalized spacial score (nSPS) is 25.6. The molecule has 1 heterocycles. The van der Waals surface area contributed by atoms with Crippen molar-refractivity contribution in [2.45, 2.75) is 138 Å². The first-order valence-electron chi connectivity index (χ1n) is 16.7. The second-order valence-corrected chi connectivity index (χ2v) is 18.7. The molecule has 3 rings (SSSR count). The number of unbranched alkanes of at least 4 members (excludes halogenated alkanes) is 1. The molecule has 22 heteroatoms. The summed E-state index contributed by atoms with van der Waals surface area (Å²) in [6.07, 6.45) is 3.22. The van der Waals surface area contributed by atoms with Crippen LogP contribution in [0.2, 0.25) is 0 Å². The zero-order chi connectivity index (χ0) is 37.6. The molecule has 0 aliphatic heterocycles. The number of rotatable bonds is 15. The minimum Gasteiger partial charge on any atom is -0.748 e. The van der Waals surface area contributed by atoms with Crippen molar-refractivity contribution in [1.29, 1.82) is 5.26 Å². The van der Waals surface area contributed by atoms with Gasteiger partial charge >= 0.3 is 154 Å². The molecule has 0 bridgehead atoms. The van der Waals surface area contributed by atoms with Crippen molar-refractivity contribution < 1.29 is 195 Å². The van der Waals surface area contributed by atoms with Crippen molar-refractivity contribution in [3.05, 3.63) is 11.3 Å². The third kappa shape index (κ3) is 17.6. The largest absolute Gasteiger partial charge is 1.00 e. The molecule has 1 N–H and O–H groups in total. The van der Waals surface area contributed by atoms with Gasteiger partial charge in [-0.2, -0.15) is 15.5 Å². The molecule has 1 aromatic rings. The number of halogens is 2. The first-order chi connectivity index (χ1) is 23.1. The number of aliphatic carboxylic acids is 1. The average Bonchev–Trinajstić information content (AvgIpc) is 3.34. The van der Waals surface area contributed by atoms with Crippen LogP contribution in [0.15, 0.2) is 10.2 Å². The number of carboxylic acid groups (broad SMARTS) is 1. The van der Waals surface area contributed by atoms with Crippen LogP contribution in [0.25, 0.3) is 0 Å². The Morgan fingerprint density at radius 1 is 1.02 bits per heavy atom. The van der Waals surface area contributed by atoms with Gasteiger partial charge in [0, 0.05) is 24.1 Å². The first kappa shape index (κ1) is 55.5. The Labute approximate surface area is 450 Å². The second kappa shape index (κ2) is 24.7. The summed E-state index contributed by atoms with van der Waals surface area (Å²) < 4.78 is 70.1. The fourth-order valence-electron chi connectivity index (χ4n) is 7.11. The zero-order valence-corrected chi connectivity index (χ0v) is 44.1. The van der Waals surface area contributed by atoms with Crippen LogP contribution in [-0.2, 0) is 35.2 Å². The second-order valence-electron chi connectivity index (χ2n) is 14.4. The van der Waals surface area contributed by atoms with Crippen molar-refractivity contribution in [3.8, 4) is 6.07 Å². The summed E-state index contributed by atoms with van der Waals surface area (Å²) in [6, 6.07) is 0.327. The maximum atomic E-state index is 12.3. The number of nitriles is 1. The molecule has 15 nitrogen and oxygen atoms in total. The molecule has 2 aliphatic carbocycles. The fourth-order valence-corrected chi connectivity index (χ4v) is 9.84. The molecule has 6 unspecified atom stereocenters. The molecule has 2 aliphatic rings. The standard InChI is InChI=1S/C31H48Cl2N6O9S2.3K/c1-18(40)35-26-14-20(19(9-7-10-27(41)42)8-5-6-13-49(43,44)45)11-12-25(26)36-37-30-22(17-34)29(31(2,3)4)38-39(30)28-23(32)15-21(16-24(28)33)50(46,47)48;;;/h19-21,23-26,28H,5-16H2,1-4H3,(H,35,40)(H,41,42)(H,43,44,45)(H,46,47,48);;;/q;3*+1/p-3. The van der Waals surface area contributed by atoms with Crippen LogP contribution in [0.4, 0.5) is 5.82 Å². The van der Waals surface area contributed by atoms with Crippen LogP contribution in [0, 0.1) is 23.2 Å². The fraction of sp³-hybridized carbons (Fsp3) is 0.806. The minimum absolute atomic E-state index is 0. The minimum atomic E-state index is -4.65. The van der Waals surface area contributed by atoms with Gasteiger partial charge in [0.2, 0.25) is 5.91 Å². The molecular formula is C31H45Cl2K3N6O9S2. The Hall–Kier alpha value is 2.55. The van der Waals surface area contributed by atoms with Gasteiger partial charge in [-0.1, -0.05) is 33.6 Å². The zero-order valence-electron chi connectivity index (χ0n) is 31.6. The van der Waals surface area contributed by atoms with Gasteiger partial charge in [0.15, 0.2) is 5.82 Å². The van der Waals surface area contributed by atoms with Crippen LogP contribution >= 0.6 is 23.2 Å². The van der Waals surface area contributed by atoms with E-state index >= 15 is 0 Å². The number of nitrogens with zero attached hydrogens (tertiary/aromatic N) is 5. The van der Waals surface area contributed by atoms with E-state index in [-0.39, 0.29) is 209 Å². The van der Waals surface area contributed by atoms with Gasteiger partial charge in [-0.05, 0) is 69.6 Å². The third-order valence-electron chi connectivity index (χ3n) is 9.50. The monoisotopic (exact) mass is 896 g/mol. The Bertz CT molecular complexity index is 1660. The van der Waals surface area contributed by atoms with Gasteiger partial charge in [0.25, 0.3) is 0 Å². The van der Waals surface area contributed by atoms with E-state index in [0.717, 1.165) is 0 Å². The predicted molar refractivity (Wildman–Crippen MR) is 181 cm³/mol. The van der Waals surface area contributed by atoms with Gasteiger partial charge in [-0.25, -0.2) is 21.5 Å². The van der Waals surface area contributed by atoms with E-state index in [9.17, 15) is 45.9 Å². The van der Waals surface area contributed by atoms with Gasteiger partial charge < -0.3 is 24.3 Å². The van der Waals surface area contributed by atoms with Crippen LogP contribution in [0.3, 0.4) is 0 Å². The predicted octanol–water partition coefficient (Wildman–Crippen LogP) is -5.46. The van der Waals surface area contributed by atoms with E-state index in [0.29, 0.717) is 50.6 Å². The van der Waals surface area contributed by atoms with Gasteiger partial charge in [0.1, 0.15) is 11.6 Å². The van der Waals surface area contributed by atoms with Crippen LogP contribution in [0.1, 0.15) is 116 Å². The summed E-state index contributed by atoms with van der Waals surface area (Å²) in [6.45, 7) is 6.94. The smallest absolute Gasteiger partial charge is 0.748 e. The summed E-state index contributed by atoms with van der Waals surface area (Å²) in [7, 11) is -9.01. The molecule has 1 aromatic heterocycles. The average molecular weight is 898 g/mol. The molecule has 0 aromatic carbocycles. The molecule has 0 radical (unpaired) electrons. The summed E-state index contributed by atoms with van der Waals surface area (Å²) in [5.74, 6) is -1.86. The van der Waals surface area contributed by atoms with Gasteiger partial charge in [0.05, 0.1) is 60.1 Å². The van der Waals surface area contributed by atoms with Crippen molar-refractivity contribution in [3.63, 3.8) is 0 Å². The topological polar surface area (TPSA) is 250 Å². The molecule has 6 atom stereocenters. The number of amides is 1. The number of nitrogens with one attached hydrogen (secondary N) is 1. The number of hydrogen-bond donors (Lipinski definition) is 1. The number of azo groups is 1. The number of hydrogen-bond acceptors (Lipinski definition) is 13. The molecular weight excluding hydrogens is 853 g/mol. The molecule has 0 spiro atoms. The van der Waals surface area contributed by atoms with E-state index in [1.165, 1.54) is 11.6 Å². The maximum Gasteiger partial charge on any atom is 1.00 e. The van der Waals surface area contributed by atoms with Crippen LogP contribution < -0.4 is 165 Å². The summed E-state index contributed by atoms with van der Waals surface area (Å²) in [5, 5.41) is 35.0.